The van der Waals surface area contributed by atoms with Crippen molar-refractivity contribution < 1.29 is 14.1 Å². The third kappa shape index (κ3) is 4.31. The number of nitrogens with one attached hydrogen (secondary N) is 1. The first-order valence-corrected chi connectivity index (χ1v) is 6.78. The maximum atomic E-state index is 11.9. The summed E-state index contributed by atoms with van der Waals surface area (Å²) in [6.07, 6.45) is 1.57. The normalized spacial score (nSPS) is 10.7. The lowest BCUT2D eigenvalue weighted by Crippen LogP contribution is -2.29. The van der Waals surface area contributed by atoms with Crippen LogP contribution in [-0.2, 0) is 11.3 Å². The average Bonchev–Trinajstić information content (AvgIpc) is 2.93. The lowest BCUT2D eigenvalue weighted by molar-refractivity contribution is -0.384. The van der Waals surface area contributed by atoms with E-state index in [1.54, 1.807) is 24.3 Å². The number of nitro groups is 1. The molecule has 0 saturated heterocycles. The minimum absolute atomic E-state index is 0.0259. The second-order valence-corrected chi connectivity index (χ2v) is 5.13. The molecule has 7 nitrogen and oxygen atoms in total. The maximum Gasteiger partial charge on any atom is 0.289 e. The fraction of sp³-hybridized carbons (Fsp3) is 0.214. The minimum atomic E-state index is -0.596. The second-order valence-electron chi connectivity index (χ2n) is 4.72. The zero-order valence-corrected chi connectivity index (χ0v) is 12.5. The molecule has 0 aliphatic carbocycles. The Bertz CT molecular complexity index is 673. The van der Waals surface area contributed by atoms with Gasteiger partial charge in [-0.25, -0.2) is 0 Å². The number of carbonyl (C=O) groups is 1. The number of nitro benzene ring substituents is 1. The van der Waals surface area contributed by atoms with Crippen LogP contribution in [0.2, 0.25) is 5.02 Å². The summed E-state index contributed by atoms with van der Waals surface area (Å²) in [5.74, 6) is 0.461. The van der Waals surface area contributed by atoms with E-state index in [0.29, 0.717) is 12.2 Å². The number of hydrogen-bond donors (Lipinski definition) is 1. The van der Waals surface area contributed by atoms with E-state index in [1.165, 1.54) is 18.2 Å². The molecule has 0 unspecified atom stereocenters. The summed E-state index contributed by atoms with van der Waals surface area (Å²) in [5.41, 5.74) is 0.0795. The van der Waals surface area contributed by atoms with Gasteiger partial charge >= 0.3 is 0 Å². The van der Waals surface area contributed by atoms with E-state index in [9.17, 15) is 14.9 Å². The van der Waals surface area contributed by atoms with Crippen molar-refractivity contribution in [3.8, 4) is 0 Å². The van der Waals surface area contributed by atoms with Gasteiger partial charge in [0.1, 0.15) is 10.8 Å². The van der Waals surface area contributed by atoms with Crippen LogP contribution < -0.4 is 5.32 Å². The molecule has 116 valence electrons. The Morgan fingerprint density at radius 1 is 1.45 bits per heavy atom. The van der Waals surface area contributed by atoms with E-state index in [-0.39, 0.29) is 23.2 Å². The molecule has 0 aliphatic rings. The average molecular weight is 324 g/mol. The number of likely N-dealkylation sites (N-methyl/N-ethyl adjacent to an activating group) is 1. The van der Waals surface area contributed by atoms with Gasteiger partial charge in [-0.2, -0.15) is 0 Å². The van der Waals surface area contributed by atoms with Crippen molar-refractivity contribution in [2.45, 2.75) is 6.54 Å². The highest BCUT2D eigenvalue weighted by atomic mass is 35.5. The zero-order valence-electron chi connectivity index (χ0n) is 11.8. The molecule has 1 aromatic carbocycles. The van der Waals surface area contributed by atoms with Gasteiger partial charge in [-0.3, -0.25) is 19.8 Å². The van der Waals surface area contributed by atoms with Crippen LogP contribution in [0.25, 0.3) is 0 Å². The number of amides is 1. The summed E-state index contributed by atoms with van der Waals surface area (Å²) in [6.45, 7) is 0.609. The van der Waals surface area contributed by atoms with Crippen molar-refractivity contribution in [2.75, 3.05) is 18.9 Å². The first-order chi connectivity index (χ1) is 10.5. The van der Waals surface area contributed by atoms with Crippen molar-refractivity contribution in [3.63, 3.8) is 0 Å². The smallest absolute Gasteiger partial charge is 0.289 e. The minimum Gasteiger partial charge on any atom is -0.468 e. The van der Waals surface area contributed by atoms with Gasteiger partial charge in [0.25, 0.3) is 5.69 Å². The van der Waals surface area contributed by atoms with Crippen LogP contribution in [0.3, 0.4) is 0 Å². The number of anilines is 1. The molecule has 0 bridgehead atoms. The predicted molar refractivity (Wildman–Crippen MR) is 81.8 cm³/mol. The van der Waals surface area contributed by atoms with Gasteiger partial charge in [0.15, 0.2) is 0 Å². The fourth-order valence-corrected chi connectivity index (χ4v) is 2.09. The summed E-state index contributed by atoms with van der Waals surface area (Å²) in [5, 5.41) is 13.4. The van der Waals surface area contributed by atoms with Gasteiger partial charge in [0, 0.05) is 11.8 Å². The van der Waals surface area contributed by atoms with Crippen molar-refractivity contribution in [2.24, 2.45) is 0 Å². The van der Waals surface area contributed by atoms with Crippen LogP contribution in [-0.4, -0.2) is 29.3 Å². The quantitative estimate of drug-likeness (QED) is 0.652. The Morgan fingerprint density at radius 3 is 2.86 bits per heavy atom. The molecule has 0 atom stereocenters. The van der Waals surface area contributed by atoms with E-state index in [2.05, 4.69) is 5.32 Å². The maximum absolute atomic E-state index is 11.9. The number of hydrogen-bond acceptors (Lipinski definition) is 5. The molecule has 22 heavy (non-hydrogen) atoms. The fourth-order valence-electron chi connectivity index (χ4n) is 1.90. The number of furan rings is 1. The van der Waals surface area contributed by atoms with Gasteiger partial charge in [0.2, 0.25) is 5.91 Å². The van der Waals surface area contributed by atoms with Crippen LogP contribution >= 0.6 is 11.6 Å². The van der Waals surface area contributed by atoms with Gasteiger partial charge < -0.3 is 9.73 Å². The molecule has 1 aromatic heterocycles. The molecule has 2 aromatic rings. The highest BCUT2D eigenvalue weighted by Crippen LogP contribution is 2.27. The van der Waals surface area contributed by atoms with Crippen LogP contribution in [0.1, 0.15) is 5.76 Å². The molecular weight excluding hydrogens is 310 g/mol. The number of nitrogens with zero attached hydrogens (tertiary/aromatic N) is 2. The van der Waals surface area contributed by atoms with E-state index in [0.717, 1.165) is 5.76 Å². The summed E-state index contributed by atoms with van der Waals surface area (Å²) in [7, 11) is 1.77. The standard InChI is InChI=1S/C14H14ClN3O4/c1-17(8-11-3-2-6-22-11)9-14(19)16-10-4-5-12(15)13(7-10)18(20)21/h2-7H,8-9H2,1H3,(H,16,19). The van der Waals surface area contributed by atoms with E-state index >= 15 is 0 Å². The summed E-state index contributed by atoms with van der Waals surface area (Å²) >= 11 is 5.72. The summed E-state index contributed by atoms with van der Waals surface area (Å²) in [4.78, 5) is 23.9. The third-order valence-corrected chi connectivity index (χ3v) is 3.17. The molecule has 1 amide bonds. The molecule has 1 heterocycles. The first-order valence-electron chi connectivity index (χ1n) is 6.40. The predicted octanol–water partition coefficient (Wildman–Crippen LogP) is 2.91. The molecule has 0 fully saturated rings. The highest BCUT2D eigenvalue weighted by molar-refractivity contribution is 6.32. The van der Waals surface area contributed by atoms with Gasteiger partial charge in [-0.1, -0.05) is 11.6 Å². The van der Waals surface area contributed by atoms with Crippen molar-refractivity contribution >= 4 is 28.9 Å². The largest absolute Gasteiger partial charge is 0.468 e. The third-order valence-electron chi connectivity index (χ3n) is 2.85. The first kappa shape index (κ1) is 16.0. The SMILES string of the molecule is CN(CC(=O)Nc1ccc(Cl)c([N+](=O)[O-])c1)Cc1ccco1. The van der Waals surface area contributed by atoms with Crippen LogP contribution in [0.5, 0.6) is 0 Å². The summed E-state index contributed by atoms with van der Waals surface area (Å²) < 4.78 is 5.20. The van der Waals surface area contributed by atoms with Gasteiger partial charge in [-0.15, -0.1) is 0 Å². The Kier molecular flexibility index (Phi) is 5.13. The van der Waals surface area contributed by atoms with Crippen LogP contribution in [0.15, 0.2) is 41.0 Å². The number of carbonyl (C=O) groups excluding carboxylic acids is 1. The Hall–Kier alpha value is -2.38. The second kappa shape index (κ2) is 7.06. The molecule has 2 rings (SSSR count). The van der Waals surface area contributed by atoms with E-state index in [1.807, 2.05) is 6.07 Å². The topological polar surface area (TPSA) is 88.6 Å². The number of benzene rings is 1. The number of halogens is 1. The lowest BCUT2D eigenvalue weighted by Gasteiger charge is -2.14. The van der Waals surface area contributed by atoms with Crippen molar-refractivity contribution in [1.82, 2.24) is 4.90 Å². The van der Waals surface area contributed by atoms with Crippen molar-refractivity contribution in [1.29, 1.82) is 0 Å². The molecular formula is C14H14ClN3O4. The molecule has 8 heteroatoms. The summed E-state index contributed by atoms with van der Waals surface area (Å²) in [6, 6.07) is 7.71. The van der Waals surface area contributed by atoms with Crippen molar-refractivity contribution in [3.05, 3.63) is 57.5 Å². The van der Waals surface area contributed by atoms with Crippen LogP contribution in [0, 0.1) is 10.1 Å². The van der Waals surface area contributed by atoms with Gasteiger partial charge in [-0.05, 0) is 31.3 Å². The van der Waals surface area contributed by atoms with E-state index in [4.69, 9.17) is 16.0 Å². The Morgan fingerprint density at radius 2 is 2.23 bits per heavy atom. The van der Waals surface area contributed by atoms with Gasteiger partial charge in [0.05, 0.1) is 24.3 Å². The van der Waals surface area contributed by atoms with E-state index < -0.39 is 4.92 Å². The lowest BCUT2D eigenvalue weighted by atomic mass is 10.2. The number of rotatable bonds is 6. The molecule has 0 spiro atoms. The zero-order chi connectivity index (χ0) is 16.1. The molecule has 1 N–H and O–H groups in total. The Balaban J connectivity index is 1.94. The molecule has 0 saturated carbocycles. The highest BCUT2D eigenvalue weighted by Gasteiger charge is 2.14. The van der Waals surface area contributed by atoms with Crippen LogP contribution in [0.4, 0.5) is 11.4 Å². The monoisotopic (exact) mass is 323 g/mol. The molecule has 0 aliphatic heterocycles. The Labute approximate surface area is 131 Å². The molecule has 0 radical (unpaired) electrons.